The van der Waals surface area contributed by atoms with Gasteiger partial charge >= 0.3 is 12.2 Å². The number of methoxy groups -OCH3 is 1. The van der Waals surface area contributed by atoms with Crippen LogP contribution in [0.5, 0.6) is 0 Å². The summed E-state index contributed by atoms with van der Waals surface area (Å²) in [5.74, 6) is -2.94. The Hall–Kier alpha value is -2.02. The van der Waals surface area contributed by atoms with Crippen molar-refractivity contribution in [2.45, 2.75) is 108 Å². The van der Waals surface area contributed by atoms with E-state index in [0.29, 0.717) is 23.2 Å². The molecule has 0 saturated carbocycles. The summed E-state index contributed by atoms with van der Waals surface area (Å²) < 4.78 is 103. The molecule has 1 aromatic heterocycles. The Morgan fingerprint density at radius 1 is 1.19 bits per heavy atom. The molecule has 0 unspecified atom stereocenters. The number of fused-ring (bicyclic) bond motifs is 1. The van der Waals surface area contributed by atoms with Crippen LogP contribution in [0.25, 0.3) is 11.0 Å². The number of carbonyl (C=O) groups excluding carboxylic acids is 1. The molecule has 2 amide bonds. The van der Waals surface area contributed by atoms with E-state index >= 15 is 0 Å². The molecule has 5 atom stereocenters. The second-order valence-corrected chi connectivity index (χ2v) is 21.7. The van der Waals surface area contributed by atoms with Crippen molar-refractivity contribution >= 4 is 36.5 Å². The zero-order chi connectivity index (χ0) is 35.5. The molecular formula is C30H48F5N5O5SSi. The first kappa shape index (κ1) is 39.4. The van der Waals surface area contributed by atoms with Gasteiger partial charge in [-0.15, -0.1) is 4.72 Å². The quantitative estimate of drug-likeness (QED) is 0.0987. The molecule has 17 heteroatoms. The highest BCUT2D eigenvalue weighted by Crippen LogP contribution is 2.34. The van der Waals surface area contributed by atoms with Gasteiger partial charge in [-0.25, -0.2) is 18.6 Å². The smallest absolute Gasteiger partial charge is 0.414 e. The first-order chi connectivity index (χ1) is 21.5. The average molecular weight is 714 g/mol. The van der Waals surface area contributed by atoms with E-state index in [4.69, 9.17) is 19.2 Å². The third kappa shape index (κ3) is 10.7. The van der Waals surface area contributed by atoms with Crippen LogP contribution in [0.4, 0.5) is 26.7 Å². The number of alkyl halides is 5. The Kier molecular flexibility index (Phi) is 12.8. The SMILES string of the molecule is COC[C@H](c1ccc2c(c1)nc([C@@H](N[S@+]([O-])C(C)(C)C)[C@@H](C)O[C@@H](C)C(F)(F)F)n2COCC[Si](C)(C)C)N1CC(F)(F)CNC1=O. The van der Waals surface area contributed by atoms with Crippen molar-refractivity contribution in [3.8, 4) is 0 Å². The Morgan fingerprint density at radius 3 is 2.43 bits per heavy atom. The van der Waals surface area contributed by atoms with E-state index in [9.17, 15) is 31.3 Å². The van der Waals surface area contributed by atoms with Gasteiger partial charge in [0.2, 0.25) is 0 Å². The van der Waals surface area contributed by atoms with Crippen LogP contribution < -0.4 is 10.0 Å². The number of benzene rings is 1. The lowest BCUT2D eigenvalue weighted by molar-refractivity contribution is -0.227. The monoisotopic (exact) mass is 713 g/mol. The molecule has 0 bridgehead atoms. The van der Waals surface area contributed by atoms with Crippen molar-refractivity contribution in [3.05, 3.63) is 29.6 Å². The fourth-order valence-electron chi connectivity index (χ4n) is 4.87. The van der Waals surface area contributed by atoms with Gasteiger partial charge in [0, 0.05) is 33.2 Å². The van der Waals surface area contributed by atoms with Crippen LogP contribution in [0, 0.1) is 0 Å². The molecular weight excluding hydrogens is 666 g/mol. The van der Waals surface area contributed by atoms with Crippen molar-refractivity contribution in [2.24, 2.45) is 0 Å². The van der Waals surface area contributed by atoms with Crippen LogP contribution >= 0.6 is 0 Å². The van der Waals surface area contributed by atoms with Gasteiger partial charge in [-0.3, -0.25) is 0 Å². The Labute approximate surface area is 277 Å². The van der Waals surface area contributed by atoms with Gasteiger partial charge in [-0.2, -0.15) is 13.2 Å². The van der Waals surface area contributed by atoms with Crippen molar-refractivity contribution in [1.82, 2.24) is 24.5 Å². The second kappa shape index (κ2) is 15.3. The lowest BCUT2D eigenvalue weighted by Gasteiger charge is -2.38. The third-order valence-electron chi connectivity index (χ3n) is 7.68. The van der Waals surface area contributed by atoms with Crippen LogP contribution in [-0.4, -0.2) is 95.6 Å². The Morgan fingerprint density at radius 2 is 1.85 bits per heavy atom. The number of imidazole rings is 1. The summed E-state index contributed by atoms with van der Waals surface area (Å²) in [5.41, 5.74) is 1.35. The van der Waals surface area contributed by atoms with E-state index in [1.54, 1.807) is 43.5 Å². The predicted octanol–water partition coefficient (Wildman–Crippen LogP) is 6.15. The molecule has 2 heterocycles. The summed E-state index contributed by atoms with van der Waals surface area (Å²) in [6.07, 6.45) is -7.91. The Balaban J connectivity index is 2.14. The molecule has 1 aromatic carbocycles. The van der Waals surface area contributed by atoms with E-state index in [-0.39, 0.29) is 19.2 Å². The molecule has 1 aliphatic rings. The standard InChI is InChI=1S/C30H48F5N5O5SSi/c1-19(45-20(2)30(33,34)35)25(38-46(42)28(3,4)5)26-37-22-14-21(10-11-23(22)40(26)18-44-12-13-47(7,8)9)24(15-43-6)39-17-29(31,32)16-36-27(39)41/h10-11,14,19-20,24-25,38H,12-13,15-18H2,1-9H3,(H,36,41)/t19-,20+,24-,25+,46-/m1/s1. The van der Waals surface area contributed by atoms with E-state index in [0.717, 1.165) is 17.9 Å². The first-order valence-corrected chi connectivity index (χ1v) is 20.3. The molecule has 1 aliphatic heterocycles. The van der Waals surface area contributed by atoms with Crippen LogP contribution in [-0.2, 0) is 32.3 Å². The maximum atomic E-state index is 14.4. The van der Waals surface area contributed by atoms with Gasteiger partial charge in [0.15, 0.2) is 6.10 Å². The highest BCUT2D eigenvalue weighted by Gasteiger charge is 2.43. The van der Waals surface area contributed by atoms with Crippen molar-refractivity contribution < 1.29 is 45.5 Å². The minimum Gasteiger partial charge on any atom is -0.598 e. The van der Waals surface area contributed by atoms with E-state index < -0.39 is 79.7 Å². The normalized spacial score (nSPS) is 19.4. The minimum atomic E-state index is -4.63. The van der Waals surface area contributed by atoms with Crippen molar-refractivity contribution in [2.75, 3.05) is 33.4 Å². The zero-order valence-electron chi connectivity index (χ0n) is 28.5. The molecule has 0 aliphatic carbocycles. The molecule has 0 spiro atoms. The highest BCUT2D eigenvalue weighted by molar-refractivity contribution is 7.90. The maximum absolute atomic E-state index is 14.4. The minimum absolute atomic E-state index is 0.0141. The van der Waals surface area contributed by atoms with E-state index in [2.05, 4.69) is 29.7 Å². The number of hydrogen-bond donors (Lipinski definition) is 2. The molecule has 268 valence electrons. The molecule has 2 N–H and O–H groups in total. The fourth-order valence-corrected chi connectivity index (χ4v) is 6.51. The van der Waals surface area contributed by atoms with Gasteiger partial charge < -0.3 is 33.5 Å². The third-order valence-corrected chi connectivity index (χ3v) is 11.0. The van der Waals surface area contributed by atoms with Crippen LogP contribution in [0.1, 0.15) is 58.1 Å². The molecule has 2 aromatic rings. The summed E-state index contributed by atoms with van der Waals surface area (Å²) in [7, 11) is -0.0636. The fraction of sp³-hybridized carbons (Fsp3) is 0.733. The first-order valence-electron chi connectivity index (χ1n) is 15.4. The Bertz CT molecular complexity index is 1350. The van der Waals surface area contributed by atoms with Gasteiger partial charge in [0.1, 0.15) is 23.3 Å². The molecule has 10 nitrogen and oxygen atoms in total. The van der Waals surface area contributed by atoms with Crippen molar-refractivity contribution in [1.29, 1.82) is 0 Å². The number of carbonyl (C=O) groups is 1. The molecule has 1 fully saturated rings. The van der Waals surface area contributed by atoms with Crippen molar-refractivity contribution in [3.63, 3.8) is 0 Å². The van der Waals surface area contributed by atoms with Gasteiger partial charge in [-0.05, 0) is 58.4 Å². The number of nitrogens with one attached hydrogen (secondary N) is 2. The number of halogens is 5. The van der Waals surface area contributed by atoms with Gasteiger partial charge in [-0.1, -0.05) is 25.7 Å². The molecule has 47 heavy (non-hydrogen) atoms. The second-order valence-electron chi connectivity index (χ2n) is 14.1. The molecule has 0 radical (unpaired) electrons. The van der Waals surface area contributed by atoms with Crippen LogP contribution in [0.3, 0.4) is 0 Å². The number of ether oxygens (including phenoxy) is 3. The summed E-state index contributed by atoms with van der Waals surface area (Å²) in [4.78, 5) is 18.5. The number of urea groups is 1. The zero-order valence-corrected chi connectivity index (χ0v) is 30.3. The summed E-state index contributed by atoms with van der Waals surface area (Å²) in [6, 6.07) is 3.19. The predicted molar refractivity (Wildman–Crippen MR) is 173 cm³/mol. The van der Waals surface area contributed by atoms with E-state index in [1.165, 1.54) is 14.0 Å². The number of amides is 2. The highest BCUT2D eigenvalue weighted by atomic mass is 32.2. The van der Waals surface area contributed by atoms with Gasteiger partial charge in [0.25, 0.3) is 5.92 Å². The molecule has 1 saturated heterocycles. The topological polar surface area (TPSA) is 113 Å². The van der Waals surface area contributed by atoms with E-state index in [1.807, 2.05) is 0 Å². The molecule has 3 rings (SSSR count). The number of nitrogens with zero attached hydrogens (tertiary/aromatic N) is 3. The number of hydrogen-bond acceptors (Lipinski definition) is 7. The number of rotatable bonds is 15. The average Bonchev–Trinajstić information content (AvgIpc) is 3.29. The summed E-state index contributed by atoms with van der Waals surface area (Å²) >= 11 is -1.74. The summed E-state index contributed by atoms with van der Waals surface area (Å²) in [6.45, 7) is 12.9. The lowest BCUT2D eigenvalue weighted by Crippen LogP contribution is -2.58. The van der Waals surface area contributed by atoms with Gasteiger partial charge in [0.05, 0.1) is 42.9 Å². The maximum Gasteiger partial charge on any atom is 0.414 e. The number of aromatic nitrogens is 2. The van der Waals surface area contributed by atoms with Crippen LogP contribution in [0.2, 0.25) is 25.7 Å². The van der Waals surface area contributed by atoms with Crippen LogP contribution in [0.15, 0.2) is 18.2 Å². The largest absolute Gasteiger partial charge is 0.598 e. The summed E-state index contributed by atoms with van der Waals surface area (Å²) in [5, 5.41) is 2.22. The lowest BCUT2D eigenvalue weighted by atomic mass is 10.0.